The molecule has 0 aliphatic rings. The molecule has 0 amide bonds. The molecule has 0 saturated heterocycles. The van der Waals surface area contributed by atoms with Crippen LogP contribution in [0.4, 0.5) is 0 Å². The van der Waals surface area contributed by atoms with Gasteiger partial charge in [0, 0.05) is 11.6 Å². The fourth-order valence-corrected chi connectivity index (χ4v) is 2.03. The second-order valence-corrected chi connectivity index (χ2v) is 4.14. The van der Waals surface area contributed by atoms with Crippen LogP contribution >= 0.6 is 0 Å². The fraction of sp³-hybridized carbons (Fsp3) is 0.188. The zero-order chi connectivity index (χ0) is 14.5. The van der Waals surface area contributed by atoms with E-state index in [9.17, 15) is 4.79 Å². The van der Waals surface area contributed by atoms with Gasteiger partial charge in [-0.05, 0) is 29.8 Å². The van der Waals surface area contributed by atoms with E-state index < -0.39 is 0 Å². The molecule has 2 aromatic rings. The third kappa shape index (κ3) is 2.59. The van der Waals surface area contributed by atoms with Crippen molar-refractivity contribution in [3.8, 4) is 28.4 Å². The summed E-state index contributed by atoms with van der Waals surface area (Å²) in [5.74, 6) is 1.96. The van der Waals surface area contributed by atoms with Crippen molar-refractivity contribution in [3.63, 3.8) is 0 Å². The molecule has 4 nitrogen and oxygen atoms in total. The molecule has 0 unspecified atom stereocenters. The van der Waals surface area contributed by atoms with Crippen molar-refractivity contribution < 1.29 is 19.0 Å². The highest BCUT2D eigenvalue weighted by Gasteiger charge is 2.10. The lowest BCUT2D eigenvalue weighted by Gasteiger charge is -2.12. The summed E-state index contributed by atoms with van der Waals surface area (Å²) in [4.78, 5) is 11.1. The number of aldehydes is 1. The van der Waals surface area contributed by atoms with Crippen molar-refractivity contribution in [2.45, 2.75) is 0 Å². The molecule has 0 aliphatic heterocycles. The van der Waals surface area contributed by atoms with Crippen LogP contribution in [0.5, 0.6) is 17.2 Å². The molecule has 0 N–H and O–H groups in total. The van der Waals surface area contributed by atoms with E-state index in [-0.39, 0.29) is 0 Å². The number of hydrogen-bond acceptors (Lipinski definition) is 4. The Balaban J connectivity index is 2.53. The summed E-state index contributed by atoms with van der Waals surface area (Å²) in [6, 6.07) is 11.0. The summed E-state index contributed by atoms with van der Waals surface area (Å²) in [6.07, 6.45) is 0.776. The summed E-state index contributed by atoms with van der Waals surface area (Å²) < 4.78 is 15.7. The van der Waals surface area contributed by atoms with Crippen molar-refractivity contribution in [1.29, 1.82) is 0 Å². The smallest absolute Gasteiger partial charge is 0.153 e. The minimum absolute atomic E-state index is 0.503. The van der Waals surface area contributed by atoms with Crippen molar-refractivity contribution in [2.75, 3.05) is 21.3 Å². The molecule has 0 spiro atoms. The van der Waals surface area contributed by atoms with Crippen LogP contribution in [0.2, 0.25) is 0 Å². The Bertz CT molecular complexity index is 620. The lowest BCUT2D eigenvalue weighted by molar-refractivity contribution is 0.112. The van der Waals surface area contributed by atoms with E-state index >= 15 is 0 Å². The van der Waals surface area contributed by atoms with Crippen LogP contribution in [-0.4, -0.2) is 27.6 Å². The average Bonchev–Trinajstić information content (AvgIpc) is 2.53. The highest BCUT2D eigenvalue weighted by Crippen LogP contribution is 2.34. The third-order valence-corrected chi connectivity index (χ3v) is 3.08. The van der Waals surface area contributed by atoms with Gasteiger partial charge in [-0.3, -0.25) is 4.79 Å². The number of benzene rings is 2. The van der Waals surface area contributed by atoms with E-state index in [1.165, 1.54) is 7.11 Å². The molecule has 20 heavy (non-hydrogen) atoms. The predicted octanol–water partition coefficient (Wildman–Crippen LogP) is 3.19. The van der Waals surface area contributed by atoms with Gasteiger partial charge in [0.2, 0.25) is 0 Å². The molecule has 0 atom stereocenters. The first-order valence-corrected chi connectivity index (χ1v) is 6.09. The first kappa shape index (κ1) is 13.9. The van der Waals surface area contributed by atoms with Gasteiger partial charge >= 0.3 is 0 Å². The van der Waals surface area contributed by atoms with E-state index in [0.717, 1.165) is 23.2 Å². The van der Waals surface area contributed by atoms with Gasteiger partial charge in [-0.25, -0.2) is 0 Å². The largest absolute Gasteiger partial charge is 0.497 e. The van der Waals surface area contributed by atoms with Gasteiger partial charge in [-0.1, -0.05) is 6.07 Å². The molecule has 0 saturated carbocycles. The lowest BCUT2D eigenvalue weighted by atomic mass is 10.0. The van der Waals surface area contributed by atoms with Crippen molar-refractivity contribution in [3.05, 3.63) is 42.0 Å². The molecule has 0 aliphatic carbocycles. The van der Waals surface area contributed by atoms with E-state index in [0.29, 0.717) is 17.1 Å². The predicted molar refractivity (Wildman–Crippen MR) is 76.9 cm³/mol. The van der Waals surface area contributed by atoms with E-state index in [4.69, 9.17) is 14.2 Å². The molecule has 0 aromatic heterocycles. The van der Waals surface area contributed by atoms with E-state index in [1.807, 2.05) is 18.2 Å². The van der Waals surface area contributed by atoms with Gasteiger partial charge in [0.25, 0.3) is 0 Å². The standard InChI is InChI=1S/C16H16O4/c1-18-13-5-6-14(16(9-13)20-3)11-4-7-15(19-2)12(8-11)10-17/h4-10H,1-3H3. The number of hydrogen-bond donors (Lipinski definition) is 0. The maximum atomic E-state index is 11.1. The first-order valence-electron chi connectivity index (χ1n) is 6.09. The molecule has 0 heterocycles. The van der Waals surface area contributed by atoms with Crippen LogP contribution in [0.15, 0.2) is 36.4 Å². The Morgan fingerprint density at radius 2 is 1.60 bits per heavy atom. The van der Waals surface area contributed by atoms with Crippen LogP contribution < -0.4 is 14.2 Å². The SMILES string of the molecule is COc1ccc(-c2ccc(OC)c(C=O)c2)c(OC)c1. The van der Waals surface area contributed by atoms with E-state index in [2.05, 4.69) is 0 Å². The molecule has 4 heteroatoms. The first-order chi connectivity index (χ1) is 9.73. The van der Waals surface area contributed by atoms with Crippen LogP contribution in [0.25, 0.3) is 11.1 Å². The molecule has 2 aromatic carbocycles. The minimum Gasteiger partial charge on any atom is -0.497 e. The van der Waals surface area contributed by atoms with Gasteiger partial charge < -0.3 is 14.2 Å². The topological polar surface area (TPSA) is 44.8 Å². The summed E-state index contributed by atoms with van der Waals surface area (Å²) in [6.45, 7) is 0. The molecule has 0 radical (unpaired) electrons. The minimum atomic E-state index is 0.503. The van der Waals surface area contributed by atoms with Crippen LogP contribution in [-0.2, 0) is 0 Å². The van der Waals surface area contributed by atoms with Gasteiger partial charge in [0.15, 0.2) is 6.29 Å². The normalized spacial score (nSPS) is 9.95. The van der Waals surface area contributed by atoms with Crippen molar-refractivity contribution in [2.24, 2.45) is 0 Å². The second-order valence-electron chi connectivity index (χ2n) is 4.14. The summed E-state index contributed by atoms with van der Waals surface area (Å²) in [5, 5.41) is 0. The quantitative estimate of drug-likeness (QED) is 0.784. The highest BCUT2D eigenvalue weighted by molar-refractivity contribution is 5.84. The van der Waals surface area contributed by atoms with Gasteiger partial charge in [-0.2, -0.15) is 0 Å². The zero-order valence-electron chi connectivity index (χ0n) is 11.7. The van der Waals surface area contributed by atoms with Crippen molar-refractivity contribution >= 4 is 6.29 Å². The van der Waals surface area contributed by atoms with Gasteiger partial charge in [0.1, 0.15) is 17.2 Å². The third-order valence-electron chi connectivity index (χ3n) is 3.08. The number of methoxy groups -OCH3 is 3. The maximum Gasteiger partial charge on any atom is 0.153 e. The Morgan fingerprint density at radius 3 is 2.20 bits per heavy atom. The summed E-state index contributed by atoms with van der Waals surface area (Å²) >= 11 is 0. The number of ether oxygens (including phenoxy) is 3. The Morgan fingerprint density at radius 1 is 0.850 bits per heavy atom. The molecular weight excluding hydrogens is 256 g/mol. The number of rotatable bonds is 5. The summed E-state index contributed by atoms with van der Waals surface area (Å²) in [7, 11) is 4.74. The lowest BCUT2D eigenvalue weighted by Crippen LogP contribution is -1.93. The van der Waals surface area contributed by atoms with Crippen LogP contribution in [0, 0.1) is 0 Å². The fourth-order valence-electron chi connectivity index (χ4n) is 2.03. The molecule has 104 valence electrons. The Labute approximate surface area is 117 Å². The molecule has 0 bridgehead atoms. The average molecular weight is 272 g/mol. The van der Waals surface area contributed by atoms with Crippen LogP contribution in [0.3, 0.4) is 0 Å². The number of carbonyl (C=O) groups is 1. The highest BCUT2D eigenvalue weighted by atomic mass is 16.5. The number of carbonyl (C=O) groups excluding carboxylic acids is 1. The molecule has 0 fully saturated rings. The Kier molecular flexibility index (Phi) is 4.25. The van der Waals surface area contributed by atoms with Gasteiger partial charge in [0.05, 0.1) is 26.9 Å². The van der Waals surface area contributed by atoms with Crippen LogP contribution in [0.1, 0.15) is 10.4 Å². The van der Waals surface area contributed by atoms with Gasteiger partial charge in [-0.15, -0.1) is 0 Å². The molecular formula is C16H16O4. The maximum absolute atomic E-state index is 11.1. The second kappa shape index (κ2) is 6.10. The zero-order valence-corrected chi connectivity index (χ0v) is 11.7. The summed E-state index contributed by atoms with van der Waals surface area (Å²) in [5.41, 5.74) is 2.27. The monoisotopic (exact) mass is 272 g/mol. The Hall–Kier alpha value is -2.49. The van der Waals surface area contributed by atoms with E-state index in [1.54, 1.807) is 32.4 Å². The van der Waals surface area contributed by atoms with Crippen molar-refractivity contribution in [1.82, 2.24) is 0 Å². The molecule has 2 rings (SSSR count).